The smallest absolute Gasteiger partial charge is 0.225 e. The van der Waals surface area contributed by atoms with Crippen LogP contribution in [0.15, 0.2) is 0 Å². The number of nitrogens with one attached hydrogen (secondary N) is 1. The van der Waals surface area contributed by atoms with E-state index < -0.39 is 0 Å². The van der Waals surface area contributed by atoms with Crippen molar-refractivity contribution >= 4 is 11.8 Å². The van der Waals surface area contributed by atoms with Gasteiger partial charge in [-0.25, -0.2) is 0 Å². The topological polar surface area (TPSA) is 52.7 Å². The Kier molecular flexibility index (Phi) is 6.84. The first-order chi connectivity index (χ1) is 9.10. The Morgan fingerprint density at radius 3 is 2.47 bits per heavy atom. The van der Waals surface area contributed by atoms with Gasteiger partial charge in [-0.3, -0.25) is 9.59 Å². The number of likely N-dealkylation sites (N-methyl/N-ethyl adjacent to an activating group) is 2. The minimum atomic E-state index is 0.0903. The van der Waals surface area contributed by atoms with E-state index in [0.29, 0.717) is 6.42 Å². The minimum Gasteiger partial charge on any atom is -0.344 e. The lowest BCUT2D eigenvalue weighted by Crippen LogP contribution is -2.44. The van der Waals surface area contributed by atoms with Crippen molar-refractivity contribution in [3.63, 3.8) is 0 Å². The average molecular weight is 269 g/mol. The summed E-state index contributed by atoms with van der Waals surface area (Å²) in [5.41, 5.74) is 0. The van der Waals surface area contributed by atoms with Crippen LogP contribution in [0.5, 0.6) is 0 Å². The highest BCUT2D eigenvalue weighted by molar-refractivity contribution is 5.80. The van der Waals surface area contributed by atoms with Gasteiger partial charge in [0, 0.05) is 45.6 Å². The van der Waals surface area contributed by atoms with Gasteiger partial charge in [0.15, 0.2) is 0 Å². The van der Waals surface area contributed by atoms with Crippen LogP contribution in [-0.4, -0.2) is 61.9 Å². The molecular formula is C14H27N3O2. The van der Waals surface area contributed by atoms with Crippen LogP contribution >= 0.6 is 0 Å². The van der Waals surface area contributed by atoms with Crippen LogP contribution in [0.2, 0.25) is 0 Å². The third kappa shape index (κ3) is 4.82. The molecule has 0 aromatic carbocycles. The number of piperidine rings is 1. The lowest BCUT2D eigenvalue weighted by molar-refractivity contribution is -0.139. The molecule has 5 heteroatoms. The minimum absolute atomic E-state index is 0.0903. The van der Waals surface area contributed by atoms with Gasteiger partial charge in [0.25, 0.3) is 0 Å². The Hall–Kier alpha value is -1.10. The van der Waals surface area contributed by atoms with Crippen LogP contribution in [-0.2, 0) is 9.59 Å². The van der Waals surface area contributed by atoms with E-state index in [4.69, 9.17) is 0 Å². The maximum Gasteiger partial charge on any atom is 0.225 e. The molecule has 1 saturated heterocycles. The highest BCUT2D eigenvalue weighted by Gasteiger charge is 2.28. The summed E-state index contributed by atoms with van der Waals surface area (Å²) in [6.45, 7) is 5.04. The van der Waals surface area contributed by atoms with Crippen molar-refractivity contribution in [3.8, 4) is 0 Å². The van der Waals surface area contributed by atoms with Crippen LogP contribution < -0.4 is 5.32 Å². The van der Waals surface area contributed by atoms with E-state index in [1.165, 1.54) is 0 Å². The predicted molar refractivity (Wildman–Crippen MR) is 75.8 cm³/mol. The van der Waals surface area contributed by atoms with E-state index >= 15 is 0 Å². The van der Waals surface area contributed by atoms with E-state index in [2.05, 4.69) is 5.32 Å². The summed E-state index contributed by atoms with van der Waals surface area (Å²) >= 11 is 0. The van der Waals surface area contributed by atoms with Crippen molar-refractivity contribution < 1.29 is 9.59 Å². The fraction of sp³-hybridized carbons (Fsp3) is 0.857. The van der Waals surface area contributed by atoms with Gasteiger partial charge in [0.05, 0.1) is 0 Å². The maximum atomic E-state index is 12.2. The molecule has 1 aliphatic heterocycles. The molecule has 0 spiro atoms. The number of hydrogen-bond acceptors (Lipinski definition) is 3. The molecule has 1 heterocycles. The van der Waals surface area contributed by atoms with Crippen molar-refractivity contribution in [2.24, 2.45) is 5.92 Å². The normalized spacial score (nSPS) is 16.5. The van der Waals surface area contributed by atoms with E-state index in [1.807, 2.05) is 25.9 Å². The first-order valence-electron chi connectivity index (χ1n) is 7.27. The zero-order valence-corrected chi connectivity index (χ0v) is 12.4. The molecule has 0 bridgehead atoms. The Bertz CT molecular complexity index is 299. The van der Waals surface area contributed by atoms with Crippen LogP contribution in [0.4, 0.5) is 0 Å². The Balaban J connectivity index is 2.36. The monoisotopic (exact) mass is 269 g/mol. The van der Waals surface area contributed by atoms with Gasteiger partial charge in [-0.1, -0.05) is 6.92 Å². The van der Waals surface area contributed by atoms with Crippen molar-refractivity contribution in [1.29, 1.82) is 0 Å². The van der Waals surface area contributed by atoms with Crippen LogP contribution in [0.3, 0.4) is 0 Å². The molecule has 1 N–H and O–H groups in total. The summed E-state index contributed by atoms with van der Waals surface area (Å²) in [6.07, 6.45) is 3.13. The Morgan fingerprint density at radius 2 is 1.95 bits per heavy atom. The maximum absolute atomic E-state index is 12.2. The van der Waals surface area contributed by atoms with Gasteiger partial charge in [-0.15, -0.1) is 0 Å². The molecule has 0 aliphatic carbocycles. The molecule has 1 aliphatic rings. The van der Waals surface area contributed by atoms with E-state index in [-0.39, 0.29) is 17.7 Å². The Labute approximate surface area is 116 Å². The van der Waals surface area contributed by atoms with E-state index in [1.54, 1.807) is 4.90 Å². The third-order valence-corrected chi connectivity index (χ3v) is 3.73. The number of rotatable bonds is 6. The number of carbonyl (C=O) groups excluding carboxylic acids is 2. The predicted octanol–water partition coefficient (Wildman–Crippen LogP) is 0.703. The molecule has 5 nitrogen and oxygen atoms in total. The quantitative estimate of drug-likeness (QED) is 0.772. The molecule has 0 aromatic rings. The molecule has 0 radical (unpaired) electrons. The van der Waals surface area contributed by atoms with Gasteiger partial charge in [0.2, 0.25) is 11.8 Å². The highest BCUT2D eigenvalue weighted by Crippen LogP contribution is 2.20. The molecule has 0 saturated carbocycles. The zero-order chi connectivity index (χ0) is 14.3. The molecular weight excluding hydrogens is 242 g/mol. The molecule has 2 amide bonds. The molecule has 1 fully saturated rings. The van der Waals surface area contributed by atoms with Gasteiger partial charge in [0.1, 0.15) is 0 Å². The van der Waals surface area contributed by atoms with Crippen LogP contribution in [0.1, 0.15) is 32.6 Å². The number of likely N-dealkylation sites (tertiary alicyclic amines) is 1. The number of hydrogen-bond donors (Lipinski definition) is 1. The number of nitrogens with zero attached hydrogens (tertiary/aromatic N) is 2. The van der Waals surface area contributed by atoms with Crippen molar-refractivity contribution in [3.05, 3.63) is 0 Å². The summed E-state index contributed by atoms with van der Waals surface area (Å²) in [6, 6.07) is 0. The lowest BCUT2D eigenvalue weighted by Gasteiger charge is -2.33. The lowest BCUT2D eigenvalue weighted by atomic mass is 9.95. The third-order valence-electron chi connectivity index (χ3n) is 3.73. The fourth-order valence-corrected chi connectivity index (χ4v) is 2.45. The van der Waals surface area contributed by atoms with Gasteiger partial charge >= 0.3 is 0 Å². The van der Waals surface area contributed by atoms with E-state index in [0.717, 1.165) is 45.4 Å². The zero-order valence-electron chi connectivity index (χ0n) is 12.4. The standard InChI is InChI=1S/C14H27N3O2/c1-4-5-13(18)17-9-6-12(7-10-17)14(19)16(3)11-8-15-2/h12,15H,4-11H2,1-3H3. The second kappa shape index (κ2) is 8.15. The summed E-state index contributed by atoms with van der Waals surface area (Å²) in [5.74, 6) is 0.544. The van der Waals surface area contributed by atoms with Crippen LogP contribution in [0.25, 0.3) is 0 Å². The highest BCUT2D eigenvalue weighted by atomic mass is 16.2. The first kappa shape index (κ1) is 16.0. The largest absolute Gasteiger partial charge is 0.344 e. The second-order valence-corrected chi connectivity index (χ2v) is 5.27. The van der Waals surface area contributed by atoms with Gasteiger partial charge in [-0.2, -0.15) is 0 Å². The van der Waals surface area contributed by atoms with Gasteiger partial charge < -0.3 is 15.1 Å². The molecule has 0 unspecified atom stereocenters. The molecule has 1 rings (SSSR count). The second-order valence-electron chi connectivity index (χ2n) is 5.27. The summed E-state index contributed by atoms with van der Waals surface area (Å²) in [5, 5.41) is 3.05. The molecule has 0 atom stereocenters. The number of carbonyl (C=O) groups is 2. The van der Waals surface area contributed by atoms with E-state index in [9.17, 15) is 9.59 Å². The average Bonchev–Trinajstić information content (AvgIpc) is 2.44. The first-order valence-corrected chi connectivity index (χ1v) is 7.27. The molecule has 110 valence electrons. The van der Waals surface area contributed by atoms with Crippen LogP contribution in [0, 0.1) is 5.92 Å². The summed E-state index contributed by atoms with van der Waals surface area (Å²) < 4.78 is 0. The number of amides is 2. The van der Waals surface area contributed by atoms with Crippen molar-refractivity contribution in [2.75, 3.05) is 40.3 Å². The van der Waals surface area contributed by atoms with Crippen molar-refractivity contribution in [1.82, 2.24) is 15.1 Å². The molecule has 0 aromatic heterocycles. The summed E-state index contributed by atoms with van der Waals surface area (Å²) in [4.78, 5) is 27.7. The SMILES string of the molecule is CCCC(=O)N1CCC(C(=O)N(C)CCNC)CC1. The fourth-order valence-electron chi connectivity index (χ4n) is 2.45. The molecule has 19 heavy (non-hydrogen) atoms. The summed E-state index contributed by atoms with van der Waals surface area (Å²) in [7, 11) is 3.74. The van der Waals surface area contributed by atoms with Crippen molar-refractivity contribution in [2.45, 2.75) is 32.6 Å². The van der Waals surface area contributed by atoms with Gasteiger partial charge in [-0.05, 0) is 26.3 Å². The Morgan fingerprint density at radius 1 is 1.32 bits per heavy atom.